The highest BCUT2D eigenvalue weighted by Gasteiger charge is 2.23. The molecule has 1 aromatic carbocycles. The zero-order chi connectivity index (χ0) is 13.8. The number of ether oxygens (including phenoxy) is 1. The minimum absolute atomic E-state index is 0.168. The molecule has 3 heteroatoms. The van der Waals surface area contributed by atoms with Gasteiger partial charge in [-0.25, -0.2) is 4.39 Å². The molecule has 1 aromatic rings. The molecule has 2 unspecified atom stereocenters. The Morgan fingerprint density at radius 3 is 2.89 bits per heavy atom. The standard InChI is InChI=1S/C16H24FNO/c1-11(2)15(18-3)6-4-5-14-10-12-9-13(17)7-8-16(12)19-14/h7-9,11,14-15,18H,4-6,10H2,1-3H3. The molecule has 0 amide bonds. The SMILES string of the molecule is CNC(CCCC1Cc2cc(F)ccc2O1)C(C)C. The molecule has 1 N–H and O–H groups in total. The van der Waals surface area contributed by atoms with Gasteiger partial charge in [0.15, 0.2) is 0 Å². The van der Waals surface area contributed by atoms with E-state index in [1.165, 1.54) is 12.5 Å². The summed E-state index contributed by atoms with van der Waals surface area (Å²) in [5.41, 5.74) is 1.01. The Labute approximate surface area is 115 Å². The van der Waals surface area contributed by atoms with Gasteiger partial charge in [-0.1, -0.05) is 13.8 Å². The molecule has 106 valence electrons. The monoisotopic (exact) mass is 265 g/mol. The number of hydrogen-bond acceptors (Lipinski definition) is 2. The fraction of sp³-hybridized carbons (Fsp3) is 0.625. The summed E-state index contributed by atoms with van der Waals surface area (Å²) in [6.45, 7) is 4.48. The summed E-state index contributed by atoms with van der Waals surface area (Å²) in [7, 11) is 2.02. The third-order valence-electron chi connectivity index (χ3n) is 3.98. The van der Waals surface area contributed by atoms with Gasteiger partial charge >= 0.3 is 0 Å². The lowest BCUT2D eigenvalue weighted by Crippen LogP contribution is -2.30. The second-order valence-electron chi connectivity index (χ2n) is 5.77. The molecule has 0 saturated heterocycles. The Morgan fingerprint density at radius 2 is 2.21 bits per heavy atom. The fourth-order valence-corrected chi connectivity index (χ4v) is 2.83. The van der Waals surface area contributed by atoms with Crippen molar-refractivity contribution < 1.29 is 9.13 Å². The van der Waals surface area contributed by atoms with Gasteiger partial charge in [-0.15, -0.1) is 0 Å². The van der Waals surface area contributed by atoms with Gasteiger partial charge in [-0.3, -0.25) is 0 Å². The van der Waals surface area contributed by atoms with Crippen LogP contribution in [-0.2, 0) is 6.42 Å². The summed E-state index contributed by atoms with van der Waals surface area (Å²) in [6.07, 6.45) is 4.42. The van der Waals surface area contributed by atoms with Gasteiger partial charge in [0, 0.05) is 18.0 Å². The highest BCUT2D eigenvalue weighted by molar-refractivity contribution is 5.37. The summed E-state index contributed by atoms with van der Waals surface area (Å²) in [6, 6.07) is 5.38. The molecule has 0 saturated carbocycles. The van der Waals surface area contributed by atoms with Crippen molar-refractivity contribution in [1.29, 1.82) is 0 Å². The van der Waals surface area contributed by atoms with Gasteiger partial charge in [0.2, 0.25) is 0 Å². The summed E-state index contributed by atoms with van der Waals surface area (Å²) < 4.78 is 19.0. The van der Waals surface area contributed by atoms with E-state index in [0.717, 1.165) is 30.6 Å². The number of halogens is 1. The van der Waals surface area contributed by atoms with Crippen molar-refractivity contribution >= 4 is 0 Å². The molecule has 0 aliphatic carbocycles. The van der Waals surface area contributed by atoms with Crippen molar-refractivity contribution in [2.45, 2.75) is 51.7 Å². The first kappa shape index (κ1) is 14.3. The Balaban J connectivity index is 1.78. The van der Waals surface area contributed by atoms with E-state index < -0.39 is 0 Å². The van der Waals surface area contributed by atoms with Crippen molar-refractivity contribution in [3.05, 3.63) is 29.6 Å². The second-order valence-corrected chi connectivity index (χ2v) is 5.77. The molecule has 1 aliphatic rings. The molecule has 0 radical (unpaired) electrons. The summed E-state index contributed by atoms with van der Waals surface area (Å²) >= 11 is 0. The molecule has 1 aliphatic heterocycles. The minimum atomic E-state index is -0.168. The number of benzene rings is 1. The van der Waals surface area contributed by atoms with Crippen LogP contribution in [-0.4, -0.2) is 19.2 Å². The molecule has 19 heavy (non-hydrogen) atoms. The minimum Gasteiger partial charge on any atom is -0.490 e. The van der Waals surface area contributed by atoms with E-state index in [0.29, 0.717) is 12.0 Å². The smallest absolute Gasteiger partial charge is 0.123 e. The number of fused-ring (bicyclic) bond motifs is 1. The maximum atomic E-state index is 13.1. The lowest BCUT2D eigenvalue weighted by molar-refractivity contribution is 0.212. The van der Waals surface area contributed by atoms with Crippen molar-refractivity contribution in [1.82, 2.24) is 5.32 Å². The summed E-state index contributed by atoms with van der Waals surface area (Å²) in [4.78, 5) is 0. The molecular weight excluding hydrogens is 241 g/mol. The van der Waals surface area contributed by atoms with Crippen LogP contribution in [0.3, 0.4) is 0 Å². The molecular formula is C16H24FNO. The highest BCUT2D eigenvalue weighted by atomic mass is 19.1. The van der Waals surface area contributed by atoms with Crippen LogP contribution in [0.1, 0.15) is 38.7 Å². The highest BCUT2D eigenvalue weighted by Crippen LogP contribution is 2.31. The van der Waals surface area contributed by atoms with E-state index in [-0.39, 0.29) is 11.9 Å². The van der Waals surface area contributed by atoms with Gasteiger partial charge in [0.25, 0.3) is 0 Å². The first-order valence-corrected chi connectivity index (χ1v) is 7.22. The van der Waals surface area contributed by atoms with Crippen molar-refractivity contribution in [2.24, 2.45) is 5.92 Å². The molecule has 2 atom stereocenters. The van der Waals surface area contributed by atoms with Crippen molar-refractivity contribution in [3.63, 3.8) is 0 Å². The van der Waals surface area contributed by atoms with Crippen LogP contribution >= 0.6 is 0 Å². The van der Waals surface area contributed by atoms with Gasteiger partial charge < -0.3 is 10.1 Å². The van der Waals surface area contributed by atoms with Crippen LogP contribution in [0.4, 0.5) is 4.39 Å². The predicted molar refractivity (Wildman–Crippen MR) is 76.1 cm³/mol. The second kappa shape index (κ2) is 6.38. The van der Waals surface area contributed by atoms with E-state index >= 15 is 0 Å². The molecule has 0 spiro atoms. The van der Waals surface area contributed by atoms with E-state index in [4.69, 9.17) is 4.74 Å². The lowest BCUT2D eigenvalue weighted by Gasteiger charge is -2.20. The van der Waals surface area contributed by atoms with Crippen molar-refractivity contribution in [2.75, 3.05) is 7.05 Å². The molecule has 2 nitrogen and oxygen atoms in total. The molecule has 2 rings (SSSR count). The van der Waals surface area contributed by atoms with Crippen LogP contribution in [0.25, 0.3) is 0 Å². The first-order valence-electron chi connectivity index (χ1n) is 7.22. The third kappa shape index (κ3) is 3.69. The summed E-state index contributed by atoms with van der Waals surface area (Å²) in [5, 5.41) is 3.36. The average molecular weight is 265 g/mol. The van der Waals surface area contributed by atoms with Crippen LogP contribution in [0, 0.1) is 11.7 Å². The van der Waals surface area contributed by atoms with E-state index in [2.05, 4.69) is 19.2 Å². The van der Waals surface area contributed by atoms with Crippen LogP contribution in [0.15, 0.2) is 18.2 Å². The number of rotatable bonds is 6. The van der Waals surface area contributed by atoms with E-state index in [9.17, 15) is 4.39 Å². The Bertz CT molecular complexity index is 419. The van der Waals surface area contributed by atoms with Crippen LogP contribution < -0.4 is 10.1 Å². The van der Waals surface area contributed by atoms with Gasteiger partial charge in [0.1, 0.15) is 17.7 Å². The van der Waals surface area contributed by atoms with E-state index in [1.807, 2.05) is 7.05 Å². The van der Waals surface area contributed by atoms with Gasteiger partial charge in [-0.05, 0) is 50.4 Å². The zero-order valence-corrected chi connectivity index (χ0v) is 12.1. The van der Waals surface area contributed by atoms with Crippen LogP contribution in [0.5, 0.6) is 5.75 Å². The van der Waals surface area contributed by atoms with Gasteiger partial charge in [-0.2, -0.15) is 0 Å². The quantitative estimate of drug-likeness (QED) is 0.849. The topological polar surface area (TPSA) is 21.3 Å². The Morgan fingerprint density at radius 1 is 1.42 bits per heavy atom. The number of nitrogens with one attached hydrogen (secondary N) is 1. The Kier molecular flexibility index (Phi) is 4.81. The molecule has 0 fully saturated rings. The number of hydrogen-bond donors (Lipinski definition) is 1. The maximum absolute atomic E-state index is 13.1. The summed E-state index contributed by atoms with van der Waals surface area (Å²) in [5.74, 6) is 1.35. The van der Waals surface area contributed by atoms with Crippen molar-refractivity contribution in [3.8, 4) is 5.75 Å². The fourth-order valence-electron chi connectivity index (χ4n) is 2.83. The molecule has 0 aromatic heterocycles. The lowest BCUT2D eigenvalue weighted by atomic mass is 9.97. The Hall–Kier alpha value is -1.09. The molecule has 0 bridgehead atoms. The van der Waals surface area contributed by atoms with Crippen LogP contribution in [0.2, 0.25) is 0 Å². The van der Waals surface area contributed by atoms with Gasteiger partial charge in [0.05, 0.1) is 0 Å². The maximum Gasteiger partial charge on any atom is 0.123 e. The largest absolute Gasteiger partial charge is 0.490 e. The third-order valence-corrected chi connectivity index (χ3v) is 3.98. The zero-order valence-electron chi connectivity index (χ0n) is 12.1. The average Bonchev–Trinajstić information content (AvgIpc) is 2.75. The van der Waals surface area contributed by atoms with E-state index in [1.54, 1.807) is 12.1 Å². The normalized spacial score (nSPS) is 19.3. The first-order chi connectivity index (χ1) is 9.10. The molecule has 1 heterocycles. The predicted octanol–water partition coefficient (Wildman–Crippen LogP) is 3.54.